The molecule has 0 aliphatic carbocycles. The summed E-state index contributed by atoms with van der Waals surface area (Å²) in [5.41, 5.74) is 1.64. The lowest BCUT2D eigenvalue weighted by Crippen LogP contribution is -2.01. The van der Waals surface area contributed by atoms with Crippen LogP contribution in [0.2, 0.25) is 0 Å². The van der Waals surface area contributed by atoms with Gasteiger partial charge in [-0.2, -0.15) is 0 Å². The van der Waals surface area contributed by atoms with E-state index >= 15 is 0 Å². The highest BCUT2D eigenvalue weighted by atomic mass is 79.9. The van der Waals surface area contributed by atoms with Gasteiger partial charge in [-0.15, -0.1) is 11.3 Å². The second-order valence-corrected chi connectivity index (χ2v) is 6.26. The van der Waals surface area contributed by atoms with Crippen molar-refractivity contribution < 1.29 is 9.84 Å². The Morgan fingerprint density at radius 1 is 1.50 bits per heavy atom. The summed E-state index contributed by atoms with van der Waals surface area (Å²) in [5, 5.41) is 11.8. The Labute approximate surface area is 128 Å². The Bertz CT molecular complexity index is 707. The van der Waals surface area contributed by atoms with Crippen molar-refractivity contribution in [1.82, 2.24) is 9.38 Å². The van der Waals surface area contributed by atoms with Gasteiger partial charge in [0, 0.05) is 27.8 Å². The molecule has 1 atom stereocenters. The maximum atomic E-state index is 9.79. The van der Waals surface area contributed by atoms with E-state index in [4.69, 9.17) is 4.74 Å². The van der Waals surface area contributed by atoms with Crippen LogP contribution in [0, 0.1) is 0 Å². The van der Waals surface area contributed by atoms with Crippen molar-refractivity contribution >= 4 is 32.2 Å². The molecule has 0 bridgehead atoms. The first kappa shape index (κ1) is 13.6. The van der Waals surface area contributed by atoms with Crippen LogP contribution in [-0.2, 0) is 6.61 Å². The molecule has 0 fully saturated rings. The van der Waals surface area contributed by atoms with Gasteiger partial charge in [-0.1, -0.05) is 15.9 Å². The number of halogens is 1. The van der Waals surface area contributed by atoms with Crippen LogP contribution < -0.4 is 4.74 Å². The Balaban J connectivity index is 1.79. The molecular weight excluding hydrogens is 340 g/mol. The molecule has 0 saturated carbocycles. The predicted octanol–water partition coefficient (Wildman–Crippen LogP) is 3.79. The molecule has 2 heterocycles. The minimum absolute atomic E-state index is 0.385. The first-order valence-electron chi connectivity index (χ1n) is 6.15. The zero-order chi connectivity index (χ0) is 14.1. The van der Waals surface area contributed by atoms with E-state index in [0.29, 0.717) is 12.4 Å². The maximum absolute atomic E-state index is 9.79. The Hall–Kier alpha value is -1.37. The van der Waals surface area contributed by atoms with Gasteiger partial charge in [0.05, 0.1) is 11.8 Å². The molecule has 1 N–H and O–H groups in total. The number of benzene rings is 1. The van der Waals surface area contributed by atoms with Gasteiger partial charge in [0.1, 0.15) is 12.4 Å². The second kappa shape index (κ2) is 5.55. The zero-order valence-electron chi connectivity index (χ0n) is 10.8. The van der Waals surface area contributed by atoms with Crippen LogP contribution in [0.15, 0.2) is 40.4 Å². The number of rotatable bonds is 4. The molecule has 0 aliphatic rings. The van der Waals surface area contributed by atoms with Crippen molar-refractivity contribution in [3.8, 4) is 5.75 Å². The average Bonchev–Trinajstić information content (AvgIpc) is 2.97. The van der Waals surface area contributed by atoms with Crippen molar-refractivity contribution in [1.29, 1.82) is 0 Å². The molecule has 0 spiro atoms. The fourth-order valence-electron chi connectivity index (χ4n) is 1.97. The van der Waals surface area contributed by atoms with Gasteiger partial charge in [0.15, 0.2) is 4.96 Å². The number of aromatic nitrogens is 2. The summed E-state index contributed by atoms with van der Waals surface area (Å²) in [7, 11) is 0. The van der Waals surface area contributed by atoms with Gasteiger partial charge in [-0.05, 0) is 25.1 Å². The minimum atomic E-state index is -0.576. The smallest absolute Gasteiger partial charge is 0.193 e. The molecule has 3 aromatic rings. The van der Waals surface area contributed by atoms with Crippen molar-refractivity contribution in [2.75, 3.05) is 0 Å². The number of aliphatic hydroxyl groups is 1. The quantitative estimate of drug-likeness (QED) is 0.776. The number of imidazole rings is 1. The fourth-order valence-corrected chi connectivity index (χ4v) is 3.07. The first-order chi connectivity index (χ1) is 9.63. The summed E-state index contributed by atoms with van der Waals surface area (Å²) in [4.78, 5) is 5.42. The van der Waals surface area contributed by atoms with E-state index in [1.807, 2.05) is 40.4 Å². The Morgan fingerprint density at radius 2 is 2.35 bits per heavy atom. The molecule has 6 heteroatoms. The molecule has 1 aromatic carbocycles. The summed E-state index contributed by atoms with van der Waals surface area (Å²) < 4.78 is 8.68. The molecule has 4 nitrogen and oxygen atoms in total. The summed E-state index contributed by atoms with van der Waals surface area (Å²) in [6.45, 7) is 2.11. The number of ether oxygens (including phenoxy) is 1. The molecule has 2 aromatic heterocycles. The minimum Gasteiger partial charge on any atom is -0.487 e. The number of fused-ring (bicyclic) bond motifs is 1. The number of aliphatic hydroxyl groups excluding tert-OH is 1. The maximum Gasteiger partial charge on any atom is 0.193 e. The molecule has 3 rings (SSSR count). The lowest BCUT2D eigenvalue weighted by atomic mass is 10.1. The third kappa shape index (κ3) is 2.72. The van der Waals surface area contributed by atoms with E-state index in [1.54, 1.807) is 18.3 Å². The predicted molar refractivity (Wildman–Crippen MR) is 82.2 cm³/mol. The van der Waals surface area contributed by atoms with Gasteiger partial charge in [-0.3, -0.25) is 4.40 Å². The molecule has 0 aliphatic heterocycles. The molecule has 0 radical (unpaired) electrons. The highest BCUT2D eigenvalue weighted by Gasteiger charge is 2.11. The average molecular weight is 353 g/mol. The third-order valence-corrected chi connectivity index (χ3v) is 4.20. The molecule has 20 heavy (non-hydrogen) atoms. The van der Waals surface area contributed by atoms with Gasteiger partial charge in [-0.25, -0.2) is 4.98 Å². The monoisotopic (exact) mass is 352 g/mol. The summed E-state index contributed by atoms with van der Waals surface area (Å²) >= 11 is 4.99. The molecule has 0 amide bonds. The molecule has 0 saturated heterocycles. The van der Waals surface area contributed by atoms with E-state index in [1.165, 1.54) is 0 Å². The lowest BCUT2D eigenvalue weighted by molar-refractivity contribution is 0.190. The molecule has 1 unspecified atom stereocenters. The van der Waals surface area contributed by atoms with Crippen LogP contribution in [-0.4, -0.2) is 14.5 Å². The number of nitrogens with zero attached hydrogens (tertiary/aromatic N) is 2. The summed E-state index contributed by atoms with van der Waals surface area (Å²) in [6, 6.07) is 5.61. The third-order valence-electron chi connectivity index (χ3n) is 2.94. The zero-order valence-corrected chi connectivity index (χ0v) is 13.2. The van der Waals surface area contributed by atoms with E-state index < -0.39 is 6.10 Å². The molecular formula is C14H13BrN2O2S. The van der Waals surface area contributed by atoms with Crippen LogP contribution in [0.4, 0.5) is 0 Å². The van der Waals surface area contributed by atoms with E-state index in [9.17, 15) is 5.11 Å². The number of hydrogen-bond donors (Lipinski definition) is 1. The van der Waals surface area contributed by atoms with Crippen LogP contribution >= 0.6 is 27.3 Å². The highest BCUT2D eigenvalue weighted by Crippen LogP contribution is 2.29. The molecule has 104 valence electrons. The first-order valence-corrected chi connectivity index (χ1v) is 7.82. The second-order valence-electron chi connectivity index (χ2n) is 4.47. The van der Waals surface area contributed by atoms with Crippen molar-refractivity contribution in [3.63, 3.8) is 0 Å². The largest absolute Gasteiger partial charge is 0.487 e. The van der Waals surface area contributed by atoms with Gasteiger partial charge < -0.3 is 9.84 Å². The Morgan fingerprint density at radius 3 is 3.10 bits per heavy atom. The van der Waals surface area contributed by atoms with Crippen molar-refractivity contribution in [3.05, 3.63) is 51.7 Å². The van der Waals surface area contributed by atoms with E-state index in [-0.39, 0.29) is 0 Å². The van der Waals surface area contributed by atoms with Gasteiger partial charge >= 0.3 is 0 Å². The van der Waals surface area contributed by atoms with Crippen LogP contribution in [0.25, 0.3) is 4.96 Å². The number of hydrogen-bond acceptors (Lipinski definition) is 4. The van der Waals surface area contributed by atoms with E-state index in [0.717, 1.165) is 20.7 Å². The van der Waals surface area contributed by atoms with Crippen LogP contribution in [0.3, 0.4) is 0 Å². The SMILES string of the molecule is CC(O)c1cc(Br)ccc1OCc1cn2ccsc2n1. The van der Waals surface area contributed by atoms with Gasteiger partial charge in [0.2, 0.25) is 0 Å². The highest BCUT2D eigenvalue weighted by molar-refractivity contribution is 9.10. The number of thiazole rings is 1. The van der Waals surface area contributed by atoms with Crippen molar-refractivity contribution in [2.24, 2.45) is 0 Å². The van der Waals surface area contributed by atoms with Crippen LogP contribution in [0.1, 0.15) is 24.3 Å². The van der Waals surface area contributed by atoms with Crippen molar-refractivity contribution in [2.45, 2.75) is 19.6 Å². The normalized spacial score (nSPS) is 12.8. The Kier molecular flexibility index (Phi) is 3.78. The summed E-state index contributed by atoms with van der Waals surface area (Å²) in [6.07, 6.45) is 3.34. The fraction of sp³-hybridized carbons (Fsp3) is 0.214. The standard InChI is InChI=1S/C14H13BrN2O2S/c1-9(18)12-6-10(15)2-3-13(12)19-8-11-7-17-4-5-20-14(17)16-11/h2-7,9,18H,8H2,1H3. The topological polar surface area (TPSA) is 46.8 Å². The van der Waals surface area contributed by atoms with Crippen LogP contribution in [0.5, 0.6) is 5.75 Å². The van der Waals surface area contributed by atoms with E-state index in [2.05, 4.69) is 20.9 Å². The lowest BCUT2D eigenvalue weighted by Gasteiger charge is -2.13. The van der Waals surface area contributed by atoms with Gasteiger partial charge in [0.25, 0.3) is 0 Å². The summed E-state index contributed by atoms with van der Waals surface area (Å²) in [5.74, 6) is 0.680.